The van der Waals surface area contributed by atoms with Crippen LogP contribution in [0, 0.1) is 6.92 Å². The molecule has 0 spiro atoms. The van der Waals surface area contributed by atoms with Gasteiger partial charge in [0.25, 0.3) is 5.91 Å². The molecule has 2 aromatic carbocycles. The zero-order valence-electron chi connectivity index (χ0n) is 15.8. The average molecular weight is 395 g/mol. The Labute approximate surface area is 170 Å². The van der Waals surface area contributed by atoms with Gasteiger partial charge in [0.2, 0.25) is 0 Å². The molecule has 4 rings (SSSR count). The lowest BCUT2D eigenvalue weighted by Crippen LogP contribution is -2.49. The molecule has 2 heterocycles. The normalized spacial score (nSPS) is 16.1. The maximum Gasteiger partial charge on any atom is 0.257 e. The summed E-state index contributed by atoms with van der Waals surface area (Å²) in [4.78, 5) is 17.1. The molecule has 1 amide bonds. The summed E-state index contributed by atoms with van der Waals surface area (Å²) in [5.41, 5.74) is 3.11. The van der Waals surface area contributed by atoms with Crippen LogP contribution >= 0.6 is 11.6 Å². The SMILES string of the molecule is Cc1occc1C(=O)N1CCN(C(c2ccccc2)c2ccc(Cl)cc2)CC1. The number of piperazine rings is 1. The number of amides is 1. The summed E-state index contributed by atoms with van der Waals surface area (Å²) in [5.74, 6) is 0.726. The molecule has 4 nitrogen and oxygen atoms in total. The van der Waals surface area contributed by atoms with Gasteiger partial charge in [-0.3, -0.25) is 9.69 Å². The lowest BCUT2D eigenvalue weighted by atomic mass is 9.96. The van der Waals surface area contributed by atoms with E-state index in [2.05, 4.69) is 41.3 Å². The van der Waals surface area contributed by atoms with Gasteiger partial charge < -0.3 is 9.32 Å². The van der Waals surface area contributed by atoms with E-state index in [1.54, 1.807) is 12.3 Å². The molecule has 1 unspecified atom stereocenters. The Morgan fingerprint density at radius 3 is 2.18 bits per heavy atom. The Balaban J connectivity index is 1.53. The van der Waals surface area contributed by atoms with Gasteiger partial charge >= 0.3 is 0 Å². The van der Waals surface area contributed by atoms with Gasteiger partial charge in [0, 0.05) is 31.2 Å². The number of aryl methyl sites for hydroxylation is 1. The van der Waals surface area contributed by atoms with Crippen molar-refractivity contribution in [3.05, 3.63) is 94.4 Å². The van der Waals surface area contributed by atoms with Crippen molar-refractivity contribution >= 4 is 17.5 Å². The van der Waals surface area contributed by atoms with Crippen LogP contribution < -0.4 is 0 Å². The van der Waals surface area contributed by atoms with Crippen molar-refractivity contribution in [3.8, 4) is 0 Å². The lowest BCUT2D eigenvalue weighted by Gasteiger charge is -2.39. The molecular weight excluding hydrogens is 372 g/mol. The first-order valence-corrected chi connectivity index (χ1v) is 9.89. The van der Waals surface area contributed by atoms with Crippen LogP contribution in [0.4, 0.5) is 0 Å². The average Bonchev–Trinajstić information content (AvgIpc) is 3.16. The number of hydrogen-bond acceptors (Lipinski definition) is 3. The molecule has 0 aliphatic carbocycles. The molecule has 0 N–H and O–H groups in total. The second-order valence-corrected chi connectivity index (χ2v) is 7.52. The van der Waals surface area contributed by atoms with E-state index in [-0.39, 0.29) is 11.9 Å². The van der Waals surface area contributed by atoms with Crippen LogP contribution in [0.25, 0.3) is 0 Å². The topological polar surface area (TPSA) is 36.7 Å². The van der Waals surface area contributed by atoms with Crippen LogP contribution in [-0.2, 0) is 0 Å². The number of nitrogens with zero attached hydrogens (tertiary/aromatic N) is 2. The smallest absolute Gasteiger partial charge is 0.257 e. The van der Waals surface area contributed by atoms with Crippen molar-refractivity contribution in [2.75, 3.05) is 26.2 Å². The Morgan fingerprint density at radius 2 is 1.57 bits per heavy atom. The highest BCUT2D eigenvalue weighted by Gasteiger charge is 2.29. The van der Waals surface area contributed by atoms with Gasteiger partial charge in [-0.05, 0) is 36.2 Å². The Morgan fingerprint density at radius 1 is 0.929 bits per heavy atom. The largest absolute Gasteiger partial charge is 0.469 e. The van der Waals surface area contributed by atoms with E-state index in [9.17, 15) is 4.79 Å². The van der Waals surface area contributed by atoms with Crippen LogP contribution in [0.2, 0.25) is 5.02 Å². The van der Waals surface area contributed by atoms with Crippen LogP contribution in [0.3, 0.4) is 0 Å². The molecule has 1 fully saturated rings. The summed E-state index contributed by atoms with van der Waals surface area (Å²) >= 11 is 6.10. The Hall–Kier alpha value is -2.56. The molecule has 0 radical (unpaired) electrons. The van der Waals surface area contributed by atoms with Crippen LogP contribution in [0.1, 0.15) is 33.3 Å². The van der Waals surface area contributed by atoms with E-state index >= 15 is 0 Å². The number of furan rings is 1. The van der Waals surface area contributed by atoms with E-state index in [1.165, 1.54) is 11.1 Å². The van der Waals surface area contributed by atoms with Gasteiger partial charge in [-0.1, -0.05) is 54.1 Å². The molecule has 0 bridgehead atoms. The van der Waals surface area contributed by atoms with Crippen LogP contribution in [-0.4, -0.2) is 41.9 Å². The van der Waals surface area contributed by atoms with Crippen molar-refractivity contribution < 1.29 is 9.21 Å². The Kier molecular flexibility index (Phi) is 5.51. The third-order valence-corrected chi connectivity index (χ3v) is 5.61. The fourth-order valence-corrected chi connectivity index (χ4v) is 3.98. The van der Waals surface area contributed by atoms with E-state index in [0.717, 1.165) is 18.1 Å². The molecule has 144 valence electrons. The van der Waals surface area contributed by atoms with Crippen molar-refractivity contribution in [1.82, 2.24) is 9.80 Å². The minimum absolute atomic E-state index is 0.0497. The molecule has 1 aromatic heterocycles. The number of carbonyl (C=O) groups is 1. The Bertz CT molecular complexity index is 929. The molecule has 28 heavy (non-hydrogen) atoms. The van der Waals surface area contributed by atoms with Crippen LogP contribution in [0.15, 0.2) is 71.3 Å². The minimum Gasteiger partial charge on any atom is -0.469 e. The van der Waals surface area contributed by atoms with Crippen LogP contribution in [0.5, 0.6) is 0 Å². The second-order valence-electron chi connectivity index (χ2n) is 7.08. The third kappa shape index (κ3) is 3.84. The molecule has 3 aromatic rings. The van der Waals surface area contributed by atoms with Crippen molar-refractivity contribution in [2.45, 2.75) is 13.0 Å². The number of benzene rings is 2. The maximum absolute atomic E-state index is 12.8. The fraction of sp³-hybridized carbons (Fsp3) is 0.261. The van der Waals surface area contributed by atoms with E-state index in [1.807, 2.05) is 30.0 Å². The summed E-state index contributed by atoms with van der Waals surface area (Å²) in [6, 6.07) is 20.4. The zero-order valence-corrected chi connectivity index (χ0v) is 16.6. The van der Waals surface area contributed by atoms with Crippen molar-refractivity contribution in [3.63, 3.8) is 0 Å². The molecule has 0 saturated carbocycles. The molecule has 5 heteroatoms. The predicted molar refractivity (Wildman–Crippen MR) is 111 cm³/mol. The molecule has 1 atom stereocenters. The van der Waals surface area contributed by atoms with E-state index in [4.69, 9.17) is 16.0 Å². The highest BCUT2D eigenvalue weighted by molar-refractivity contribution is 6.30. The highest BCUT2D eigenvalue weighted by atomic mass is 35.5. The van der Waals surface area contributed by atoms with Gasteiger partial charge in [0.05, 0.1) is 17.9 Å². The highest BCUT2D eigenvalue weighted by Crippen LogP contribution is 2.30. The van der Waals surface area contributed by atoms with Gasteiger partial charge in [-0.2, -0.15) is 0 Å². The van der Waals surface area contributed by atoms with Gasteiger partial charge in [-0.15, -0.1) is 0 Å². The van der Waals surface area contributed by atoms with Gasteiger partial charge in [0.1, 0.15) is 5.76 Å². The fourth-order valence-electron chi connectivity index (χ4n) is 3.85. The van der Waals surface area contributed by atoms with Crippen molar-refractivity contribution in [1.29, 1.82) is 0 Å². The predicted octanol–water partition coefficient (Wildman–Crippen LogP) is 4.79. The summed E-state index contributed by atoms with van der Waals surface area (Å²) in [5, 5.41) is 0.737. The zero-order chi connectivity index (χ0) is 19.5. The summed E-state index contributed by atoms with van der Waals surface area (Å²) in [6.07, 6.45) is 1.57. The summed E-state index contributed by atoms with van der Waals surface area (Å²) < 4.78 is 5.29. The minimum atomic E-state index is 0.0497. The summed E-state index contributed by atoms with van der Waals surface area (Å²) in [7, 11) is 0. The molecule has 1 aliphatic rings. The van der Waals surface area contributed by atoms with Crippen molar-refractivity contribution in [2.24, 2.45) is 0 Å². The quantitative estimate of drug-likeness (QED) is 0.638. The first-order chi connectivity index (χ1) is 13.6. The number of rotatable bonds is 4. The van der Waals surface area contributed by atoms with Gasteiger partial charge in [0.15, 0.2) is 0 Å². The van der Waals surface area contributed by atoms with Gasteiger partial charge in [-0.25, -0.2) is 0 Å². The number of carbonyl (C=O) groups excluding carboxylic acids is 1. The number of halogens is 1. The van der Waals surface area contributed by atoms with E-state index in [0.29, 0.717) is 24.4 Å². The first kappa shape index (κ1) is 18.8. The summed E-state index contributed by atoms with van der Waals surface area (Å²) in [6.45, 7) is 4.84. The second kappa shape index (κ2) is 8.21. The standard InChI is InChI=1S/C23H23ClN2O2/c1-17-21(11-16-28-17)23(27)26-14-12-25(13-15-26)22(18-5-3-2-4-6-18)19-7-9-20(24)10-8-19/h2-11,16,22H,12-15H2,1H3. The third-order valence-electron chi connectivity index (χ3n) is 5.36. The molecule has 1 saturated heterocycles. The maximum atomic E-state index is 12.8. The molecular formula is C23H23ClN2O2. The monoisotopic (exact) mass is 394 g/mol. The van der Waals surface area contributed by atoms with E-state index < -0.39 is 0 Å². The first-order valence-electron chi connectivity index (χ1n) is 9.51. The molecule has 1 aliphatic heterocycles. The lowest BCUT2D eigenvalue weighted by molar-refractivity contribution is 0.0595. The number of hydrogen-bond donors (Lipinski definition) is 0.